The van der Waals surface area contributed by atoms with Gasteiger partial charge in [-0.2, -0.15) is 0 Å². The lowest BCUT2D eigenvalue weighted by molar-refractivity contribution is -0.443. The van der Waals surface area contributed by atoms with E-state index in [1.54, 1.807) is 6.08 Å². The number of nitrogens with zero attached hydrogens (tertiary/aromatic N) is 1. The first-order valence-electron chi connectivity index (χ1n) is 9.57. The summed E-state index contributed by atoms with van der Waals surface area (Å²) < 4.78 is 8.39. The van der Waals surface area contributed by atoms with Crippen LogP contribution in [-0.2, 0) is 14.3 Å². The van der Waals surface area contributed by atoms with Gasteiger partial charge in [0, 0.05) is 16.6 Å². The maximum atomic E-state index is 13.1. The molecule has 28 heavy (non-hydrogen) atoms. The van der Waals surface area contributed by atoms with Crippen molar-refractivity contribution < 1.29 is 18.9 Å². The van der Waals surface area contributed by atoms with Crippen LogP contribution in [0.5, 0.6) is 0 Å². The van der Waals surface area contributed by atoms with E-state index in [0.29, 0.717) is 5.71 Å². The first-order valence-corrected chi connectivity index (χ1v) is 10.4. The predicted octanol–water partition coefficient (Wildman–Crippen LogP) is 3.35. The van der Waals surface area contributed by atoms with E-state index in [-0.39, 0.29) is 36.3 Å². The maximum absolute atomic E-state index is 13.1. The van der Waals surface area contributed by atoms with Crippen LogP contribution in [-0.4, -0.2) is 40.8 Å². The summed E-state index contributed by atoms with van der Waals surface area (Å²) in [6.07, 6.45) is 13.1. The van der Waals surface area contributed by atoms with E-state index in [2.05, 4.69) is 21.2 Å². The summed E-state index contributed by atoms with van der Waals surface area (Å²) in [4.78, 5) is 25.7. The maximum Gasteiger partial charge on any atom is 0.455 e. The van der Waals surface area contributed by atoms with E-state index in [0.717, 1.165) is 35.7 Å². The zero-order chi connectivity index (χ0) is 19.5. The molecular formula is C22H22BrN2O3+. The second kappa shape index (κ2) is 8.27. The number of rotatable bonds is 4. The predicted molar refractivity (Wildman–Crippen MR) is 111 cm³/mol. The molecule has 3 aliphatic rings. The fourth-order valence-corrected chi connectivity index (χ4v) is 4.20. The number of benzene rings is 1. The third-order valence-electron chi connectivity index (χ3n) is 5.15. The molecule has 1 heterocycles. The molecule has 1 aliphatic heterocycles. The van der Waals surface area contributed by atoms with E-state index in [1.807, 2.05) is 48.6 Å². The van der Waals surface area contributed by atoms with Crippen molar-refractivity contribution in [2.75, 3.05) is 6.54 Å². The van der Waals surface area contributed by atoms with Crippen LogP contribution in [0, 0.1) is 0 Å². The second-order valence-corrected chi connectivity index (χ2v) is 8.13. The van der Waals surface area contributed by atoms with Crippen molar-refractivity contribution in [3.63, 3.8) is 0 Å². The second-order valence-electron chi connectivity index (χ2n) is 7.21. The van der Waals surface area contributed by atoms with Crippen LogP contribution in [0.2, 0.25) is 0 Å². The fourth-order valence-electron chi connectivity index (χ4n) is 3.79. The number of nitrogens with one attached hydrogen (secondary N) is 1. The summed E-state index contributed by atoms with van der Waals surface area (Å²) >= 11 is 3.44. The van der Waals surface area contributed by atoms with Crippen molar-refractivity contribution in [2.45, 2.75) is 37.8 Å². The minimum atomic E-state index is -0.375. The number of fused-ring (bicyclic) bond motifs is 1. The Kier molecular flexibility index (Phi) is 5.57. The van der Waals surface area contributed by atoms with E-state index in [9.17, 15) is 9.59 Å². The number of amides is 2. The highest BCUT2D eigenvalue weighted by Gasteiger charge is 2.40. The van der Waals surface area contributed by atoms with Gasteiger partial charge >= 0.3 is 5.91 Å². The Labute approximate surface area is 172 Å². The molecule has 1 unspecified atom stereocenters. The van der Waals surface area contributed by atoms with Crippen LogP contribution in [0.15, 0.2) is 58.8 Å². The molecule has 4 rings (SSSR count). The van der Waals surface area contributed by atoms with Crippen molar-refractivity contribution in [3.05, 3.63) is 64.4 Å². The highest BCUT2D eigenvalue weighted by atomic mass is 79.9. The zero-order valence-corrected chi connectivity index (χ0v) is 17.0. The molecule has 1 atom stereocenters. The number of allylic oxidation sites excluding steroid dienone is 2. The molecule has 0 aromatic heterocycles. The lowest BCUT2D eigenvalue weighted by Gasteiger charge is -2.23. The van der Waals surface area contributed by atoms with Crippen LogP contribution in [0.4, 0.5) is 0 Å². The topological polar surface area (TPSA) is 58.4 Å². The summed E-state index contributed by atoms with van der Waals surface area (Å²) in [5.41, 5.74) is 1.55. The number of hydrogen-bond acceptors (Lipinski definition) is 3. The summed E-state index contributed by atoms with van der Waals surface area (Å²) in [6, 6.07) is 7.86. The highest BCUT2D eigenvalue weighted by Crippen LogP contribution is 2.22. The third-order valence-corrected chi connectivity index (χ3v) is 5.64. The average Bonchev–Trinajstić information content (AvgIpc) is 3.18. The van der Waals surface area contributed by atoms with Crippen LogP contribution in [0.25, 0.3) is 6.08 Å². The molecule has 6 heteroatoms. The molecule has 1 aromatic carbocycles. The number of halogens is 1. The fraction of sp³-hybridized carbons (Fsp3) is 0.318. The molecule has 0 bridgehead atoms. The van der Waals surface area contributed by atoms with Crippen LogP contribution < -0.4 is 5.32 Å². The van der Waals surface area contributed by atoms with Gasteiger partial charge in [-0.1, -0.05) is 53.1 Å². The van der Waals surface area contributed by atoms with Crippen molar-refractivity contribution >= 4 is 39.5 Å². The summed E-state index contributed by atoms with van der Waals surface area (Å²) in [7, 11) is 0. The molecule has 1 N–H and O–H groups in total. The lowest BCUT2D eigenvalue weighted by atomic mass is 10.1. The van der Waals surface area contributed by atoms with Gasteiger partial charge in [0.05, 0.1) is 0 Å². The van der Waals surface area contributed by atoms with Gasteiger partial charge in [-0.3, -0.25) is 4.79 Å². The molecule has 144 valence electrons. The smallest absolute Gasteiger partial charge is 0.455 e. The van der Waals surface area contributed by atoms with Gasteiger partial charge in [-0.15, -0.1) is 4.58 Å². The molecule has 5 nitrogen and oxygen atoms in total. The third kappa shape index (κ3) is 4.17. The van der Waals surface area contributed by atoms with E-state index >= 15 is 0 Å². The zero-order valence-electron chi connectivity index (χ0n) is 15.4. The molecule has 0 radical (unpaired) electrons. The van der Waals surface area contributed by atoms with Gasteiger partial charge in [-0.05, 0) is 42.7 Å². The Hall–Kier alpha value is -2.47. The lowest BCUT2D eigenvalue weighted by Crippen LogP contribution is -2.47. The quantitative estimate of drug-likeness (QED) is 0.575. The normalized spacial score (nSPS) is 23.1. The first-order chi connectivity index (χ1) is 13.6. The van der Waals surface area contributed by atoms with Gasteiger partial charge in [0.1, 0.15) is 0 Å². The average molecular weight is 442 g/mol. The van der Waals surface area contributed by atoms with Gasteiger partial charge < -0.3 is 10.1 Å². The minimum absolute atomic E-state index is 0.00146. The number of carbonyl (C=O) groups excluding carboxylic acids is 2. The Morgan fingerprint density at radius 3 is 2.89 bits per heavy atom. The highest BCUT2D eigenvalue weighted by molar-refractivity contribution is 9.10. The number of ether oxygens (including phenoxy) is 1. The van der Waals surface area contributed by atoms with Crippen molar-refractivity contribution in [2.24, 2.45) is 0 Å². The molecule has 1 saturated carbocycles. The number of hydrogen-bond donors (Lipinski definition) is 1. The largest absolute Gasteiger partial charge is 0.465 e. The van der Waals surface area contributed by atoms with Crippen LogP contribution >= 0.6 is 15.9 Å². The molecule has 2 aliphatic carbocycles. The monoisotopic (exact) mass is 441 g/mol. The Balaban J connectivity index is 1.61. The molecular weight excluding hydrogens is 420 g/mol. The summed E-state index contributed by atoms with van der Waals surface area (Å²) in [6.45, 7) is -0.00146. The first kappa shape index (κ1) is 18.9. The molecule has 0 saturated heterocycles. The van der Waals surface area contributed by atoms with Crippen molar-refractivity contribution in [3.8, 4) is 0 Å². The van der Waals surface area contributed by atoms with E-state index in [1.165, 1.54) is 4.58 Å². The van der Waals surface area contributed by atoms with Crippen LogP contribution in [0.3, 0.4) is 0 Å². The Morgan fingerprint density at radius 1 is 1.29 bits per heavy atom. The standard InChI is InChI=1S/C22H21BrN2O3/c23-16-7-5-6-15(12-16)13-20-22(27)25(18-10-3-4-11-19(18)28-20)14-21(26)24-17-8-1-2-9-17/h3-7,10-13,17,19H,1-2,8-9,14H2/p+1/b20-13+. The summed E-state index contributed by atoms with van der Waals surface area (Å²) in [5, 5.41) is 3.06. The molecule has 1 aromatic rings. The van der Waals surface area contributed by atoms with Gasteiger partial charge in [0.15, 0.2) is 0 Å². The van der Waals surface area contributed by atoms with Gasteiger partial charge in [0.25, 0.3) is 5.91 Å². The van der Waals surface area contributed by atoms with Gasteiger partial charge in [0.2, 0.25) is 24.1 Å². The van der Waals surface area contributed by atoms with Crippen molar-refractivity contribution in [1.29, 1.82) is 0 Å². The van der Waals surface area contributed by atoms with Gasteiger partial charge in [-0.25, -0.2) is 4.79 Å². The van der Waals surface area contributed by atoms with E-state index < -0.39 is 0 Å². The van der Waals surface area contributed by atoms with E-state index in [4.69, 9.17) is 4.74 Å². The Bertz CT molecular complexity index is 923. The van der Waals surface area contributed by atoms with Crippen LogP contribution in [0.1, 0.15) is 31.2 Å². The van der Waals surface area contributed by atoms with Crippen molar-refractivity contribution in [1.82, 2.24) is 5.32 Å². The summed E-state index contributed by atoms with van der Waals surface area (Å²) in [5.74, 6) is -0.189. The molecule has 1 fully saturated rings. The molecule has 2 amide bonds. The number of carbonyl (C=O) groups is 2. The minimum Gasteiger partial charge on any atom is -0.465 e. The Morgan fingerprint density at radius 2 is 2.11 bits per heavy atom. The SMILES string of the molecule is O=C(C[N+]1=C2C=CC=CC2O/C(=C/c2cccc(Br)c2)C1=O)NC1CCCC1. The molecule has 0 spiro atoms.